The zero-order valence-corrected chi connectivity index (χ0v) is 14.7. The number of hydrogen-bond donors (Lipinski definition) is 0. The van der Waals surface area contributed by atoms with Gasteiger partial charge in [-0.25, -0.2) is 4.79 Å². The van der Waals surface area contributed by atoms with Gasteiger partial charge >= 0.3 is 5.97 Å². The Hall–Kier alpha value is -3.37. The molecule has 10 heteroatoms. The lowest BCUT2D eigenvalue weighted by molar-refractivity contribution is -0.385. The molecule has 2 aromatic carbocycles. The van der Waals surface area contributed by atoms with E-state index in [1.165, 1.54) is 48.5 Å². The first-order chi connectivity index (χ1) is 13.4. The maximum absolute atomic E-state index is 12.3. The first kappa shape index (κ1) is 19.4. The Kier molecular flexibility index (Phi) is 5.62. The third-order valence-corrected chi connectivity index (χ3v) is 4.14. The summed E-state index contributed by atoms with van der Waals surface area (Å²) in [7, 11) is 0. The average molecular weight is 388 g/mol. The lowest BCUT2D eigenvalue weighted by Crippen LogP contribution is -2.28. The number of rotatable bonds is 6. The lowest BCUT2D eigenvalue weighted by Gasteiger charge is -2.15. The Morgan fingerprint density at radius 2 is 1.43 bits per heavy atom. The number of ether oxygens (including phenoxy) is 3. The van der Waals surface area contributed by atoms with E-state index >= 15 is 0 Å². The van der Waals surface area contributed by atoms with Crippen LogP contribution in [0.25, 0.3) is 0 Å². The van der Waals surface area contributed by atoms with Crippen LogP contribution in [0, 0.1) is 20.2 Å². The van der Waals surface area contributed by atoms with Gasteiger partial charge in [-0.2, -0.15) is 0 Å². The van der Waals surface area contributed by atoms with Crippen LogP contribution in [0.5, 0.6) is 0 Å². The number of nitrogens with zero attached hydrogens (tertiary/aromatic N) is 2. The smallest absolute Gasteiger partial charge is 0.338 e. The van der Waals surface area contributed by atoms with E-state index in [9.17, 15) is 25.0 Å². The van der Waals surface area contributed by atoms with E-state index in [-0.39, 0.29) is 18.0 Å². The molecule has 0 aliphatic carbocycles. The maximum Gasteiger partial charge on any atom is 0.338 e. The third-order valence-electron chi connectivity index (χ3n) is 4.14. The Bertz CT molecular complexity index is 881. The normalized spacial score (nSPS) is 21.2. The minimum Gasteiger partial charge on any atom is -0.464 e. The molecule has 0 spiro atoms. The second kappa shape index (κ2) is 8.11. The van der Waals surface area contributed by atoms with Crippen molar-refractivity contribution in [3.8, 4) is 0 Å². The van der Waals surface area contributed by atoms with E-state index in [4.69, 9.17) is 14.2 Å². The maximum atomic E-state index is 12.3. The molecule has 1 aliphatic heterocycles. The summed E-state index contributed by atoms with van der Waals surface area (Å²) in [5, 5.41) is 21.6. The van der Waals surface area contributed by atoms with Crippen molar-refractivity contribution >= 4 is 17.3 Å². The number of hydrogen-bond acceptors (Lipinski definition) is 8. The molecule has 0 amide bonds. The molecule has 0 saturated carbocycles. The van der Waals surface area contributed by atoms with Gasteiger partial charge in [0.15, 0.2) is 12.4 Å². The van der Waals surface area contributed by atoms with Crippen LogP contribution in [0.1, 0.15) is 30.4 Å². The molecule has 0 radical (unpaired) electrons. The van der Waals surface area contributed by atoms with Gasteiger partial charge in [0, 0.05) is 29.8 Å². The second-order valence-corrected chi connectivity index (χ2v) is 5.89. The van der Waals surface area contributed by atoms with Crippen LogP contribution in [-0.4, -0.2) is 28.5 Å². The standard InChI is InChI=1S/C18H16N2O8/c1-2-26-17(21)16-15(11-3-7-13(8-4-11)19(22)23)27-18(28-16)12-5-9-14(10-6-12)20(24)25/h3-10,15-16,18H,2H2,1H3/t15-,16-,18-/m1/s1. The van der Waals surface area contributed by atoms with E-state index in [0.717, 1.165) is 0 Å². The monoisotopic (exact) mass is 388 g/mol. The Labute approximate surface area is 158 Å². The molecule has 1 aliphatic rings. The van der Waals surface area contributed by atoms with E-state index in [0.29, 0.717) is 11.1 Å². The molecule has 1 saturated heterocycles. The highest BCUT2D eigenvalue weighted by molar-refractivity contribution is 5.76. The van der Waals surface area contributed by atoms with Gasteiger partial charge in [-0.15, -0.1) is 0 Å². The Morgan fingerprint density at radius 3 is 1.89 bits per heavy atom. The van der Waals surface area contributed by atoms with Gasteiger partial charge in [-0.05, 0) is 36.8 Å². The number of esters is 1. The molecule has 0 unspecified atom stereocenters. The van der Waals surface area contributed by atoms with Crippen molar-refractivity contribution in [2.24, 2.45) is 0 Å². The molecular weight excluding hydrogens is 372 g/mol. The summed E-state index contributed by atoms with van der Waals surface area (Å²) in [6.07, 6.45) is -2.88. The van der Waals surface area contributed by atoms with Crippen molar-refractivity contribution < 1.29 is 28.9 Å². The van der Waals surface area contributed by atoms with Crippen LogP contribution in [-0.2, 0) is 19.0 Å². The number of carbonyl (C=O) groups excluding carboxylic acids is 1. The molecule has 1 heterocycles. The fraction of sp³-hybridized carbons (Fsp3) is 0.278. The molecule has 0 bridgehead atoms. The van der Waals surface area contributed by atoms with Crippen LogP contribution in [0.2, 0.25) is 0 Å². The van der Waals surface area contributed by atoms with Crippen molar-refractivity contribution in [2.75, 3.05) is 6.61 Å². The van der Waals surface area contributed by atoms with E-state index in [1.54, 1.807) is 6.92 Å². The van der Waals surface area contributed by atoms with Gasteiger partial charge in [-0.1, -0.05) is 0 Å². The van der Waals surface area contributed by atoms with Crippen LogP contribution in [0.4, 0.5) is 11.4 Å². The summed E-state index contributed by atoms with van der Waals surface area (Å²) in [5.41, 5.74) is 0.815. The topological polar surface area (TPSA) is 131 Å². The number of carbonyl (C=O) groups is 1. The molecule has 0 N–H and O–H groups in total. The molecule has 10 nitrogen and oxygen atoms in total. The van der Waals surface area contributed by atoms with E-state index < -0.39 is 34.3 Å². The molecule has 2 aromatic rings. The first-order valence-electron chi connectivity index (χ1n) is 8.37. The highest BCUT2D eigenvalue weighted by Gasteiger charge is 2.43. The van der Waals surface area contributed by atoms with Gasteiger partial charge in [-0.3, -0.25) is 20.2 Å². The SMILES string of the molecule is CCOC(=O)[C@@H]1O[C@H](c2ccc([N+](=O)[O-])cc2)O[C@@H]1c1ccc([N+](=O)[O-])cc1. The zero-order chi connectivity index (χ0) is 20.3. The Morgan fingerprint density at radius 1 is 0.929 bits per heavy atom. The minimum absolute atomic E-state index is 0.0874. The third kappa shape index (κ3) is 3.97. The predicted molar refractivity (Wildman–Crippen MR) is 94.3 cm³/mol. The fourth-order valence-corrected chi connectivity index (χ4v) is 2.79. The highest BCUT2D eigenvalue weighted by atomic mass is 16.7. The second-order valence-electron chi connectivity index (χ2n) is 5.89. The van der Waals surface area contributed by atoms with Crippen LogP contribution in [0.3, 0.4) is 0 Å². The van der Waals surface area contributed by atoms with Crippen molar-refractivity contribution in [1.82, 2.24) is 0 Å². The molecule has 0 aromatic heterocycles. The van der Waals surface area contributed by atoms with E-state index in [2.05, 4.69) is 0 Å². The first-order valence-corrected chi connectivity index (χ1v) is 8.37. The van der Waals surface area contributed by atoms with Gasteiger partial charge in [0.05, 0.1) is 16.5 Å². The van der Waals surface area contributed by atoms with Crippen LogP contribution < -0.4 is 0 Å². The van der Waals surface area contributed by atoms with Crippen molar-refractivity contribution in [2.45, 2.75) is 25.4 Å². The number of benzene rings is 2. The largest absolute Gasteiger partial charge is 0.464 e. The number of nitro benzene ring substituents is 2. The molecule has 146 valence electrons. The molecule has 1 fully saturated rings. The quantitative estimate of drug-likeness (QED) is 0.419. The minimum atomic E-state index is -1.08. The van der Waals surface area contributed by atoms with Crippen molar-refractivity contribution in [1.29, 1.82) is 0 Å². The summed E-state index contributed by atoms with van der Waals surface area (Å²) in [5.74, 6) is -0.629. The van der Waals surface area contributed by atoms with Gasteiger partial charge < -0.3 is 14.2 Å². The highest BCUT2D eigenvalue weighted by Crippen LogP contribution is 2.41. The summed E-state index contributed by atoms with van der Waals surface area (Å²) >= 11 is 0. The van der Waals surface area contributed by atoms with Crippen molar-refractivity contribution in [3.63, 3.8) is 0 Å². The van der Waals surface area contributed by atoms with Crippen LogP contribution >= 0.6 is 0 Å². The molecular formula is C18H16N2O8. The average Bonchev–Trinajstić information content (AvgIpc) is 3.14. The van der Waals surface area contributed by atoms with Crippen LogP contribution in [0.15, 0.2) is 48.5 Å². The molecule has 3 atom stereocenters. The summed E-state index contributed by atoms with van der Waals surface area (Å²) in [6.45, 7) is 1.80. The molecule has 3 rings (SSSR count). The summed E-state index contributed by atoms with van der Waals surface area (Å²) in [6, 6.07) is 11.1. The number of non-ortho nitro benzene ring substituents is 2. The van der Waals surface area contributed by atoms with Gasteiger partial charge in [0.25, 0.3) is 11.4 Å². The van der Waals surface area contributed by atoms with Gasteiger partial charge in [0.2, 0.25) is 0 Å². The van der Waals surface area contributed by atoms with Gasteiger partial charge in [0.1, 0.15) is 6.10 Å². The number of nitro groups is 2. The summed E-state index contributed by atoms with van der Waals surface area (Å²) in [4.78, 5) is 32.9. The predicted octanol–water partition coefficient (Wildman–Crippen LogP) is 3.22. The molecule has 28 heavy (non-hydrogen) atoms. The van der Waals surface area contributed by atoms with E-state index in [1.807, 2.05) is 0 Å². The lowest BCUT2D eigenvalue weighted by atomic mass is 10.0. The Balaban J connectivity index is 1.87. The van der Waals surface area contributed by atoms with Crippen molar-refractivity contribution in [3.05, 3.63) is 79.9 Å². The zero-order valence-electron chi connectivity index (χ0n) is 14.7. The fourth-order valence-electron chi connectivity index (χ4n) is 2.79. The summed E-state index contributed by atoms with van der Waals surface area (Å²) < 4.78 is 16.6.